The molecule has 5 nitrogen and oxygen atoms in total. The summed E-state index contributed by atoms with van der Waals surface area (Å²) >= 11 is 0. The van der Waals surface area contributed by atoms with Crippen LogP contribution in [0, 0.1) is 5.92 Å². The van der Waals surface area contributed by atoms with E-state index < -0.39 is 0 Å². The topological polar surface area (TPSA) is 45.4 Å². The molecule has 1 aliphatic rings. The van der Waals surface area contributed by atoms with Crippen molar-refractivity contribution < 1.29 is 9.47 Å². The lowest BCUT2D eigenvalue weighted by Gasteiger charge is -2.39. The molecule has 24 heavy (non-hydrogen) atoms. The maximum atomic E-state index is 12.2. The summed E-state index contributed by atoms with van der Waals surface area (Å²) in [5, 5.41) is 0. The summed E-state index contributed by atoms with van der Waals surface area (Å²) in [6.45, 7) is 6.97. The molecule has 0 unspecified atom stereocenters. The predicted octanol–water partition coefficient (Wildman–Crippen LogP) is 3.24. The molecular formula is C19H26N2O3. The first-order valence-corrected chi connectivity index (χ1v) is 8.46. The molecule has 5 heteroatoms. The second kappa shape index (κ2) is 6.48. The Balaban J connectivity index is 1.69. The van der Waals surface area contributed by atoms with Gasteiger partial charge in [-0.3, -0.25) is 9.48 Å². The van der Waals surface area contributed by atoms with E-state index in [-0.39, 0.29) is 11.2 Å². The van der Waals surface area contributed by atoms with E-state index in [4.69, 9.17) is 9.47 Å². The van der Waals surface area contributed by atoms with E-state index in [2.05, 4.69) is 20.8 Å². The van der Waals surface area contributed by atoms with Gasteiger partial charge in [0, 0.05) is 18.8 Å². The summed E-state index contributed by atoms with van der Waals surface area (Å²) in [6, 6.07) is 9.34. The highest BCUT2D eigenvalue weighted by Crippen LogP contribution is 2.34. The summed E-state index contributed by atoms with van der Waals surface area (Å²) < 4.78 is 14.9. The second-order valence-electron chi connectivity index (χ2n) is 7.47. The Morgan fingerprint density at radius 3 is 2.38 bits per heavy atom. The highest BCUT2D eigenvalue weighted by atomic mass is 16.5. The Kier molecular flexibility index (Phi) is 4.54. The van der Waals surface area contributed by atoms with Crippen LogP contribution in [-0.2, 0) is 11.3 Å². The van der Waals surface area contributed by atoms with Gasteiger partial charge in [0.15, 0.2) is 0 Å². The molecule has 0 saturated heterocycles. The molecule has 0 amide bonds. The van der Waals surface area contributed by atoms with Gasteiger partial charge in [0.1, 0.15) is 5.75 Å². The van der Waals surface area contributed by atoms with Crippen molar-refractivity contribution in [3.63, 3.8) is 0 Å². The summed E-state index contributed by atoms with van der Waals surface area (Å²) in [5.74, 6) is 1.29. The number of hydrogen-bond donors (Lipinski definition) is 0. The largest absolute Gasteiger partial charge is 0.497 e. The monoisotopic (exact) mass is 330 g/mol. The van der Waals surface area contributed by atoms with Gasteiger partial charge in [-0.2, -0.15) is 0 Å². The minimum absolute atomic E-state index is 0.0333. The molecular weight excluding hydrogens is 304 g/mol. The van der Waals surface area contributed by atoms with E-state index in [9.17, 15) is 4.79 Å². The van der Waals surface area contributed by atoms with Crippen molar-refractivity contribution >= 4 is 0 Å². The van der Waals surface area contributed by atoms with E-state index in [1.165, 1.54) is 0 Å². The van der Waals surface area contributed by atoms with Gasteiger partial charge in [0.2, 0.25) is 0 Å². The molecule has 0 atom stereocenters. The van der Waals surface area contributed by atoms with Gasteiger partial charge >= 0.3 is 0 Å². The summed E-state index contributed by atoms with van der Waals surface area (Å²) in [7, 11) is 1.65. The number of rotatable bonds is 5. The minimum Gasteiger partial charge on any atom is -0.497 e. The molecule has 1 aromatic heterocycles. The fraction of sp³-hybridized carbons (Fsp3) is 0.526. The average molecular weight is 330 g/mol. The molecule has 0 aliphatic heterocycles. The number of nitrogens with zero attached hydrogens (tertiary/aromatic N) is 2. The third-order valence-electron chi connectivity index (χ3n) is 4.35. The molecule has 3 rings (SSSR count). The lowest BCUT2D eigenvalue weighted by molar-refractivity contribution is -0.114. The van der Waals surface area contributed by atoms with Crippen molar-refractivity contribution in [3.8, 4) is 11.4 Å². The fourth-order valence-electron chi connectivity index (χ4n) is 3.21. The van der Waals surface area contributed by atoms with Gasteiger partial charge in [-0.05, 0) is 63.8 Å². The van der Waals surface area contributed by atoms with Gasteiger partial charge in [-0.25, -0.2) is 4.68 Å². The Bertz CT molecular complexity index is 731. The number of ether oxygens (including phenoxy) is 2. The number of aromatic nitrogens is 2. The zero-order valence-electron chi connectivity index (χ0n) is 14.9. The third kappa shape index (κ3) is 3.73. The number of methoxy groups -OCH3 is 1. The van der Waals surface area contributed by atoms with Crippen molar-refractivity contribution in [2.75, 3.05) is 7.11 Å². The van der Waals surface area contributed by atoms with Crippen molar-refractivity contribution in [3.05, 3.63) is 46.9 Å². The first-order valence-electron chi connectivity index (χ1n) is 8.46. The van der Waals surface area contributed by atoms with E-state index in [0.717, 1.165) is 30.8 Å². The van der Waals surface area contributed by atoms with Crippen LogP contribution in [0.15, 0.2) is 41.3 Å². The smallest absolute Gasteiger partial charge is 0.266 e. The SMILES string of the molecule is COc1ccc(-n2ccc(=O)n2CC2CC(OC(C)(C)C)C2)cc1. The summed E-state index contributed by atoms with van der Waals surface area (Å²) in [4.78, 5) is 12.2. The normalized spacial score (nSPS) is 20.7. The minimum atomic E-state index is -0.101. The lowest BCUT2D eigenvalue weighted by atomic mass is 9.82. The Hall–Kier alpha value is -2.01. The standard InChI is InChI=1S/C19H26N2O3/c1-19(2,3)24-17-11-14(12-17)13-21-18(22)9-10-20(21)15-5-7-16(23-4)8-6-15/h5-10,14,17H,11-13H2,1-4H3. The van der Waals surface area contributed by atoms with Crippen molar-refractivity contribution in [2.45, 2.75) is 51.9 Å². The zero-order valence-corrected chi connectivity index (χ0v) is 14.9. The summed E-state index contributed by atoms with van der Waals surface area (Å²) in [5.41, 5.74) is 0.890. The molecule has 1 aromatic carbocycles. The predicted molar refractivity (Wildman–Crippen MR) is 93.9 cm³/mol. The van der Waals surface area contributed by atoms with Crippen LogP contribution < -0.4 is 10.3 Å². The van der Waals surface area contributed by atoms with Crippen molar-refractivity contribution in [1.82, 2.24) is 9.36 Å². The van der Waals surface area contributed by atoms with Crippen LogP contribution in [0.1, 0.15) is 33.6 Å². The van der Waals surface area contributed by atoms with Crippen LogP contribution >= 0.6 is 0 Å². The third-order valence-corrected chi connectivity index (χ3v) is 4.35. The zero-order chi connectivity index (χ0) is 17.3. The van der Waals surface area contributed by atoms with Crippen LogP contribution in [0.4, 0.5) is 0 Å². The van der Waals surface area contributed by atoms with E-state index >= 15 is 0 Å². The molecule has 130 valence electrons. The van der Waals surface area contributed by atoms with Gasteiger partial charge in [0.05, 0.1) is 24.5 Å². The van der Waals surface area contributed by atoms with Crippen LogP contribution in [0.5, 0.6) is 5.75 Å². The van der Waals surface area contributed by atoms with Crippen LogP contribution in [0.2, 0.25) is 0 Å². The highest BCUT2D eigenvalue weighted by Gasteiger charge is 2.33. The highest BCUT2D eigenvalue weighted by molar-refractivity contribution is 5.36. The Morgan fingerprint density at radius 1 is 1.12 bits per heavy atom. The van der Waals surface area contributed by atoms with Crippen LogP contribution in [0.3, 0.4) is 0 Å². The Morgan fingerprint density at radius 2 is 1.79 bits per heavy atom. The number of hydrogen-bond acceptors (Lipinski definition) is 3. The van der Waals surface area contributed by atoms with Crippen molar-refractivity contribution in [2.24, 2.45) is 5.92 Å². The molecule has 0 bridgehead atoms. The molecule has 1 aliphatic carbocycles. The maximum absolute atomic E-state index is 12.2. The molecule has 0 radical (unpaired) electrons. The van der Waals surface area contributed by atoms with Gasteiger partial charge in [-0.15, -0.1) is 0 Å². The van der Waals surface area contributed by atoms with Gasteiger partial charge in [-0.1, -0.05) is 0 Å². The second-order valence-corrected chi connectivity index (χ2v) is 7.47. The first kappa shape index (κ1) is 16.8. The van der Waals surface area contributed by atoms with Crippen molar-refractivity contribution in [1.29, 1.82) is 0 Å². The molecule has 1 saturated carbocycles. The first-order chi connectivity index (χ1) is 11.4. The van der Waals surface area contributed by atoms with Crippen LogP contribution in [-0.4, -0.2) is 28.2 Å². The molecule has 1 heterocycles. The quantitative estimate of drug-likeness (QED) is 0.845. The summed E-state index contributed by atoms with van der Waals surface area (Å²) in [6.07, 6.45) is 4.16. The van der Waals surface area contributed by atoms with E-state index in [1.807, 2.05) is 35.1 Å². The lowest BCUT2D eigenvalue weighted by Crippen LogP contribution is -2.40. The molecule has 0 N–H and O–H groups in total. The Labute approximate surface area is 142 Å². The van der Waals surface area contributed by atoms with Gasteiger partial charge in [0.25, 0.3) is 5.56 Å². The van der Waals surface area contributed by atoms with E-state index in [0.29, 0.717) is 12.0 Å². The molecule has 0 spiro atoms. The molecule has 2 aromatic rings. The average Bonchev–Trinajstić information content (AvgIpc) is 2.85. The maximum Gasteiger partial charge on any atom is 0.266 e. The molecule has 1 fully saturated rings. The van der Waals surface area contributed by atoms with Gasteiger partial charge < -0.3 is 9.47 Å². The fourth-order valence-corrected chi connectivity index (χ4v) is 3.21. The number of benzene rings is 1. The van der Waals surface area contributed by atoms with Crippen LogP contribution in [0.25, 0.3) is 5.69 Å². The van der Waals surface area contributed by atoms with E-state index in [1.54, 1.807) is 17.9 Å².